The molecule has 0 rings (SSSR count). The van der Waals surface area contributed by atoms with Crippen LogP contribution in [0.1, 0.15) is 27.7 Å². The molecule has 0 spiro atoms. The Labute approximate surface area is 117 Å². The molecule has 0 saturated carbocycles. The van der Waals surface area contributed by atoms with Gasteiger partial charge in [0.15, 0.2) is 12.2 Å². The van der Waals surface area contributed by atoms with E-state index in [1.54, 1.807) is 13.8 Å². The van der Waals surface area contributed by atoms with Crippen LogP contribution in [0.5, 0.6) is 0 Å². The summed E-state index contributed by atoms with van der Waals surface area (Å²) in [7, 11) is -4.01. The molecule has 0 aromatic rings. The fourth-order valence-corrected chi connectivity index (χ4v) is 2.50. The molecule has 0 aliphatic carbocycles. The maximum atomic E-state index is 12.1. The fourth-order valence-electron chi connectivity index (χ4n) is 1.18. The molecule has 9 heteroatoms. The molecule has 0 aromatic heterocycles. The van der Waals surface area contributed by atoms with Crippen LogP contribution < -0.4 is 0 Å². The van der Waals surface area contributed by atoms with Crippen LogP contribution in [0.15, 0.2) is 0 Å². The fraction of sp³-hybridized carbons (Fsp3) is 0.818. The first kappa shape index (κ1) is 19.1. The van der Waals surface area contributed by atoms with E-state index in [2.05, 4.69) is 9.47 Å². The minimum absolute atomic E-state index is 0.135. The highest BCUT2D eigenvalue weighted by molar-refractivity contribution is 7.53. The smallest absolute Gasteiger partial charge is 0.357 e. The lowest BCUT2D eigenvalue weighted by Gasteiger charge is -2.22. The maximum absolute atomic E-state index is 12.1. The molecule has 0 aromatic carbocycles. The van der Waals surface area contributed by atoms with Crippen LogP contribution in [0.3, 0.4) is 0 Å². The van der Waals surface area contributed by atoms with Crippen molar-refractivity contribution in [1.29, 1.82) is 0 Å². The number of hydrogen-bond acceptors (Lipinski definition) is 8. The third-order valence-corrected chi connectivity index (χ3v) is 3.67. The Hall–Kier alpha value is -0.950. The summed E-state index contributed by atoms with van der Waals surface area (Å²) in [6, 6.07) is 0. The zero-order valence-corrected chi connectivity index (χ0v) is 12.9. The molecule has 0 heterocycles. The van der Waals surface area contributed by atoms with Gasteiger partial charge in [-0.05, 0) is 27.7 Å². The van der Waals surface area contributed by atoms with Gasteiger partial charge in [-0.1, -0.05) is 0 Å². The third kappa shape index (κ3) is 6.47. The summed E-state index contributed by atoms with van der Waals surface area (Å²) >= 11 is 0. The molecule has 8 nitrogen and oxygen atoms in total. The zero-order valence-electron chi connectivity index (χ0n) is 12.0. The van der Waals surface area contributed by atoms with Gasteiger partial charge in [0.2, 0.25) is 0 Å². The normalized spacial score (nSPS) is 16.9. The third-order valence-electron chi connectivity index (χ3n) is 2.05. The van der Waals surface area contributed by atoms with E-state index in [1.165, 1.54) is 13.8 Å². The number of aliphatic hydroxyl groups is 1. The summed E-state index contributed by atoms with van der Waals surface area (Å²) < 4.78 is 31.3. The van der Waals surface area contributed by atoms with Gasteiger partial charge in [-0.2, -0.15) is 0 Å². The van der Waals surface area contributed by atoms with Gasteiger partial charge in [0.25, 0.3) is 0 Å². The lowest BCUT2D eigenvalue weighted by atomic mass is 10.4. The highest BCUT2D eigenvalue weighted by atomic mass is 31.2. The Balaban J connectivity index is 4.65. The first-order chi connectivity index (χ1) is 9.29. The molecule has 118 valence electrons. The topological polar surface area (TPSA) is 108 Å². The average Bonchev–Trinajstić information content (AvgIpc) is 2.39. The van der Waals surface area contributed by atoms with E-state index in [4.69, 9.17) is 14.2 Å². The second kappa shape index (κ2) is 9.07. The summed E-state index contributed by atoms with van der Waals surface area (Å²) in [5.74, 6) is -1.48. The van der Waals surface area contributed by atoms with Crippen LogP contribution in [0.25, 0.3) is 0 Å². The molecule has 3 atom stereocenters. The van der Waals surface area contributed by atoms with E-state index < -0.39 is 38.1 Å². The molecule has 1 N–H and O–H groups in total. The zero-order chi connectivity index (χ0) is 15.8. The Morgan fingerprint density at radius 3 is 1.60 bits per heavy atom. The average molecular weight is 312 g/mol. The van der Waals surface area contributed by atoms with Crippen LogP contribution in [-0.4, -0.2) is 48.8 Å². The standard InChI is InChI=1S/C11H21O8P/c1-5-16-10(13)8(3)18-20(15,7-12)19-9(4)11(14)17-6-2/h8-9,12H,5-7H2,1-4H3/t8-,9+,20?. The predicted molar refractivity (Wildman–Crippen MR) is 69.1 cm³/mol. The molecular formula is C11H21O8P. The number of rotatable bonds is 9. The Morgan fingerprint density at radius 2 is 1.35 bits per heavy atom. The molecule has 0 bridgehead atoms. The van der Waals surface area contributed by atoms with Gasteiger partial charge >= 0.3 is 19.5 Å². The van der Waals surface area contributed by atoms with Crippen molar-refractivity contribution in [2.24, 2.45) is 0 Å². The highest BCUT2D eigenvalue weighted by Crippen LogP contribution is 2.49. The molecule has 0 aliphatic rings. The van der Waals surface area contributed by atoms with Crippen molar-refractivity contribution in [3.8, 4) is 0 Å². The van der Waals surface area contributed by atoms with E-state index in [1.807, 2.05) is 0 Å². The summed E-state index contributed by atoms with van der Waals surface area (Å²) in [4.78, 5) is 22.7. The van der Waals surface area contributed by atoms with Crippen LogP contribution in [0.4, 0.5) is 0 Å². The van der Waals surface area contributed by atoms with Crippen molar-refractivity contribution in [3.05, 3.63) is 0 Å². The van der Waals surface area contributed by atoms with Crippen molar-refractivity contribution in [2.45, 2.75) is 39.9 Å². The van der Waals surface area contributed by atoms with Gasteiger partial charge in [-0.25, -0.2) is 9.59 Å². The SMILES string of the molecule is CCOC(=O)[C@H](C)OP(=O)(CO)O[C@H](C)C(=O)OCC. The summed E-state index contributed by atoms with van der Waals surface area (Å²) in [6.45, 7) is 6.09. The maximum Gasteiger partial charge on any atom is 0.357 e. The van der Waals surface area contributed by atoms with Crippen LogP contribution in [0.2, 0.25) is 0 Å². The largest absolute Gasteiger partial charge is 0.464 e. The Bertz CT molecular complexity index is 339. The van der Waals surface area contributed by atoms with Gasteiger partial charge in [-0.15, -0.1) is 0 Å². The van der Waals surface area contributed by atoms with E-state index in [0.29, 0.717) is 0 Å². The van der Waals surface area contributed by atoms with Gasteiger partial charge in [-0.3, -0.25) is 13.6 Å². The van der Waals surface area contributed by atoms with Crippen molar-refractivity contribution >= 4 is 19.5 Å². The van der Waals surface area contributed by atoms with E-state index in [0.717, 1.165) is 0 Å². The monoisotopic (exact) mass is 312 g/mol. The van der Waals surface area contributed by atoms with Crippen molar-refractivity contribution in [1.82, 2.24) is 0 Å². The number of hydrogen-bond donors (Lipinski definition) is 1. The molecule has 0 radical (unpaired) electrons. The lowest BCUT2D eigenvalue weighted by Crippen LogP contribution is -2.27. The lowest BCUT2D eigenvalue weighted by molar-refractivity contribution is -0.152. The second-order valence-corrected chi connectivity index (χ2v) is 5.68. The molecule has 0 amide bonds. The number of carbonyl (C=O) groups is 2. The van der Waals surface area contributed by atoms with Crippen LogP contribution in [-0.2, 0) is 32.7 Å². The molecule has 20 heavy (non-hydrogen) atoms. The van der Waals surface area contributed by atoms with E-state index in [9.17, 15) is 14.2 Å². The second-order valence-electron chi connectivity index (χ2n) is 3.75. The minimum Gasteiger partial charge on any atom is -0.464 e. The first-order valence-corrected chi connectivity index (χ1v) is 7.92. The summed E-state index contributed by atoms with van der Waals surface area (Å²) in [5, 5.41) is 9.09. The Kier molecular flexibility index (Phi) is 8.64. The van der Waals surface area contributed by atoms with Crippen LogP contribution >= 0.6 is 7.60 Å². The molecule has 0 aliphatic heterocycles. The van der Waals surface area contributed by atoms with Crippen molar-refractivity contribution in [3.63, 3.8) is 0 Å². The van der Waals surface area contributed by atoms with Crippen molar-refractivity contribution in [2.75, 3.05) is 19.6 Å². The van der Waals surface area contributed by atoms with Gasteiger partial charge in [0.1, 0.15) is 6.35 Å². The Morgan fingerprint density at radius 1 is 1.00 bits per heavy atom. The van der Waals surface area contributed by atoms with E-state index >= 15 is 0 Å². The summed E-state index contributed by atoms with van der Waals surface area (Å²) in [6.07, 6.45) is -3.36. The number of aliphatic hydroxyl groups excluding tert-OH is 1. The van der Waals surface area contributed by atoms with Gasteiger partial charge in [0, 0.05) is 0 Å². The highest BCUT2D eigenvalue weighted by Gasteiger charge is 2.34. The summed E-state index contributed by atoms with van der Waals surface area (Å²) in [5.41, 5.74) is 0. The van der Waals surface area contributed by atoms with Crippen LogP contribution in [0, 0.1) is 0 Å². The molecular weight excluding hydrogens is 291 g/mol. The predicted octanol–water partition coefficient (Wildman–Crippen LogP) is 1.07. The number of ether oxygens (including phenoxy) is 2. The first-order valence-electron chi connectivity index (χ1n) is 6.19. The van der Waals surface area contributed by atoms with Crippen molar-refractivity contribution < 1.29 is 37.8 Å². The van der Waals surface area contributed by atoms with Gasteiger partial charge < -0.3 is 14.6 Å². The minimum atomic E-state index is -4.01. The van der Waals surface area contributed by atoms with E-state index in [-0.39, 0.29) is 13.2 Å². The molecule has 1 unspecified atom stereocenters. The molecule has 0 saturated heterocycles. The van der Waals surface area contributed by atoms with Gasteiger partial charge in [0.05, 0.1) is 13.2 Å². The number of carbonyl (C=O) groups excluding carboxylic acids is 2. The quantitative estimate of drug-likeness (QED) is 0.497. The number of esters is 2. The molecule has 0 fully saturated rings.